The van der Waals surface area contributed by atoms with Crippen LogP contribution in [0, 0.1) is 11.7 Å². The van der Waals surface area contributed by atoms with E-state index in [9.17, 15) is 14.0 Å². The number of amides is 3. The quantitative estimate of drug-likeness (QED) is 0.800. The summed E-state index contributed by atoms with van der Waals surface area (Å²) < 4.78 is 13.4. The number of benzene rings is 1. The fourth-order valence-corrected chi connectivity index (χ4v) is 2.66. The first-order chi connectivity index (χ1) is 9.97. The third-order valence-electron chi connectivity index (χ3n) is 3.92. The highest BCUT2D eigenvalue weighted by atomic mass is 19.1. The van der Waals surface area contributed by atoms with E-state index in [0.29, 0.717) is 11.6 Å². The smallest absolute Gasteiger partial charge is 0.319 e. The second kappa shape index (κ2) is 6.56. The average Bonchev–Trinajstić information content (AvgIpc) is 2.43. The van der Waals surface area contributed by atoms with Crippen molar-refractivity contribution in [2.75, 3.05) is 5.32 Å². The molecule has 1 fully saturated rings. The molecule has 1 aliphatic carbocycles. The minimum atomic E-state index is -0.863. The second-order valence-electron chi connectivity index (χ2n) is 5.53. The Hall–Kier alpha value is -2.11. The summed E-state index contributed by atoms with van der Waals surface area (Å²) in [6.07, 6.45) is 4.37. The number of halogens is 1. The zero-order valence-electron chi connectivity index (χ0n) is 12.0. The number of nitrogens with one attached hydrogen (secondary N) is 2. The number of primary amides is 1. The third-order valence-corrected chi connectivity index (χ3v) is 3.92. The molecule has 0 radical (unpaired) electrons. The first-order valence-corrected chi connectivity index (χ1v) is 7.14. The summed E-state index contributed by atoms with van der Waals surface area (Å²) in [4.78, 5) is 23.0. The van der Waals surface area contributed by atoms with Crippen LogP contribution in [-0.4, -0.2) is 18.0 Å². The predicted octanol–water partition coefficient (Wildman–Crippen LogP) is 2.62. The first-order valence-electron chi connectivity index (χ1n) is 7.14. The average molecular weight is 293 g/mol. The predicted molar refractivity (Wildman–Crippen MR) is 78.5 cm³/mol. The molecule has 1 aromatic carbocycles. The number of urea groups is 1. The van der Waals surface area contributed by atoms with Gasteiger partial charge in [0.1, 0.15) is 5.82 Å². The minimum absolute atomic E-state index is 0.148. The number of carbonyl (C=O) groups excluding carboxylic acids is 2. The van der Waals surface area contributed by atoms with Gasteiger partial charge in [-0.05, 0) is 37.0 Å². The summed E-state index contributed by atoms with van der Waals surface area (Å²) in [5.74, 6) is -1.12. The van der Waals surface area contributed by atoms with Gasteiger partial charge in [0.05, 0.1) is 5.56 Å². The molecule has 4 N–H and O–H groups in total. The van der Waals surface area contributed by atoms with Crippen molar-refractivity contribution in [3.63, 3.8) is 0 Å². The summed E-state index contributed by atoms with van der Waals surface area (Å²) in [6, 6.07) is 3.54. The van der Waals surface area contributed by atoms with Crippen LogP contribution < -0.4 is 16.4 Å². The Morgan fingerprint density at radius 2 is 2.00 bits per heavy atom. The van der Waals surface area contributed by atoms with Gasteiger partial charge in [-0.2, -0.15) is 0 Å². The molecular formula is C15H20FN3O2. The van der Waals surface area contributed by atoms with Crippen LogP contribution in [0.15, 0.2) is 18.2 Å². The van der Waals surface area contributed by atoms with Gasteiger partial charge in [-0.25, -0.2) is 9.18 Å². The highest BCUT2D eigenvalue weighted by Gasteiger charge is 2.22. The zero-order chi connectivity index (χ0) is 15.4. The largest absolute Gasteiger partial charge is 0.366 e. The molecule has 0 heterocycles. The van der Waals surface area contributed by atoms with E-state index in [0.717, 1.165) is 25.3 Å². The van der Waals surface area contributed by atoms with Crippen molar-refractivity contribution in [2.24, 2.45) is 11.7 Å². The van der Waals surface area contributed by atoms with Gasteiger partial charge in [-0.15, -0.1) is 0 Å². The SMILES string of the molecule is C[C@H]1CCCC[C@@H]1NC(=O)Nc1ccc(F)c(C(N)=O)c1. The first kappa shape index (κ1) is 15.3. The van der Waals surface area contributed by atoms with Crippen LogP contribution >= 0.6 is 0 Å². The molecule has 0 aromatic heterocycles. The molecule has 2 rings (SSSR count). The molecule has 21 heavy (non-hydrogen) atoms. The summed E-state index contributed by atoms with van der Waals surface area (Å²) >= 11 is 0. The van der Waals surface area contributed by atoms with Gasteiger partial charge in [0.15, 0.2) is 0 Å². The Labute approximate surface area is 123 Å². The lowest BCUT2D eigenvalue weighted by Gasteiger charge is -2.29. The number of anilines is 1. The van der Waals surface area contributed by atoms with Crippen molar-refractivity contribution >= 4 is 17.6 Å². The summed E-state index contributed by atoms with van der Waals surface area (Å²) in [5, 5.41) is 5.53. The van der Waals surface area contributed by atoms with E-state index in [1.54, 1.807) is 0 Å². The molecule has 2 atom stereocenters. The Bertz CT molecular complexity index is 548. The number of hydrogen-bond donors (Lipinski definition) is 3. The van der Waals surface area contributed by atoms with Gasteiger partial charge in [0.2, 0.25) is 0 Å². The number of rotatable bonds is 3. The van der Waals surface area contributed by atoms with Gasteiger partial charge in [-0.1, -0.05) is 19.8 Å². The van der Waals surface area contributed by atoms with Crippen LogP contribution in [0.5, 0.6) is 0 Å². The maximum Gasteiger partial charge on any atom is 0.319 e. The fraction of sp³-hybridized carbons (Fsp3) is 0.467. The highest BCUT2D eigenvalue weighted by Crippen LogP contribution is 2.23. The van der Waals surface area contributed by atoms with Crippen LogP contribution in [0.4, 0.5) is 14.9 Å². The Kier molecular flexibility index (Phi) is 4.77. The second-order valence-corrected chi connectivity index (χ2v) is 5.53. The van der Waals surface area contributed by atoms with Gasteiger partial charge in [-0.3, -0.25) is 4.79 Å². The lowest BCUT2D eigenvalue weighted by Crippen LogP contribution is -2.43. The van der Waals surface area contributed by atoms with Crippen molar-refractivity contribution in [1.82, 2.24) is 5.32 Å². The zero-order valence-corrected chi connectivity index (χ0v) is 12.0. The van der Waals surface area contributed by atoms with Crippen molar-refractivity contribution in [1.29, 1.82) is 0 Å². The number of nitrogens with two attached hydrogens (primary N) is 1. The summed E-state index contributed by atoms with van der Waals surface area (Å²) in [5.41, 5.74) is 5.18. The topological polar surface area (TPSA) is 84.2 Å². The fourth-order valence-electron chi connectivity index (χ4n) is 2.66. The molecule has 114 valence electrons. The van der Waals surface area contributed by atoms with Crippen molar-refractivity contribution in [2.45, 2.75) is 38.6 Å². The van der Waals surface area contributed by atoms with Gasteiger partial charge < -0.3 is 16.4 Å². The van der Waals surface area contributed by atoms with Crippen LogP contribution in [0.2, 0.25) is 0 Å². The van der Waals surface area contributed by atoms with Gasteiger partial charge in [0, 0.05) is 11.7 Å². The Morgan fingerprint density at radius 3 is 2.67 bits per heavy atom. The van der Waals surface area contributed by atoms with Crippen LogP contribution in [-0.2, 0) is 0 Å². The highest BCUT2D eigenvalue weighted by molar-refractivity contribution is 5.96. The maximum atomic E-state index is 13.4. The van der Waals surface area contributed by atoms with Gasteiger partial charge in [0.25, 0.3) is 5.91 Å². The van der Waals surface area contributed by atoms with Crippen molar-refractivity contribution in [3.8, 4) is 0 Å². The van der Waals surface area contributed by atoms with Crippen LogP contribution in [0.25, 0.3) is 0 Å². The van der Waals surface area contributed by atoms with E-state index < -0.39 is 11.7 Å². The maximum absolute atomic E-state index is 13.4. The molecule has 0 unspecified atom stereocenters. The molecule has 1 aromatic rings. The molecule has 0 aliphatic heterocycles. The Balaban J connectivity index is 1.99. The molecule has 0 spiro atoms. The monoisotopic (exact) mass is 293 g/mol. The molecule has 0 saturated heterocycles. The Morgan fingerprint density at radius 1 is 1.29 bits per heavy atom. The van der Waals surface area contributed by atoms with Crippen LogP contribution in [0.1, 0.15) is 43.0 Å². The van der Waals surface area contributed by atoms with E-state index >= 15 is 0 Å². The van der Waals surface area contributed by atoms with Gasteiger partial charge >= 0.3 is 6.03 Å². The number of hydrogen-bond acceptors (Lipinski definition) is 2. The molecule has 1 aliphatic rings. The lowest BCUT2D eigenvalue weighted by atomic mass is 9.86. The van der Waals surface area contributed by atoms with Crippen molar-refractivity contribution in [3.05, 3.63) is 29.6 Å². The molecule has 3 amide bonds. The lowest BCUT2D eigenvalue weighted by molar-refractivity contribution is 0.0996. The summed E-state index contributed by atoms with van der Waals surface area (Å²) in [7, 11) is 0. The van der Waals surface area contributed by atoms with E-state index in [1.807, 2.05) is 0 Å². The molecule has 0 bridgehead atoms. The molecule has 5 nitrogen and oxygen atoms in total. The standard InChI is InChI=1S/C15H20FN3O2/c1-9-4-2-3-5-13(9)19-15(21)18-10-6-7-12(16)11(8-10)14(17)20/h6-9,13H,2-5H2,1H3,(H2,17,20)(H2,18,19,21)/t9-,13-/m0/s1. The van der Waals surface area contributed by atoms with E-state index in [4.69, 9.17) is 5.73 Å². The normalized spacial score (nSPS) is 21.6. The van der Waals surface area contributed by atoms with Crippen molar-refractivity contribution < 1.29 is 14.0 Å². The minimum Gasteiger partial charge on any atom is -0.366 e. The molecule has 6 heteroatoms. The van der Waals surface area contributed by atoms with E-state index in [2.05, 4.69) is 17.6 Å². The molecule has 1 saturated carbocycles. The van der Waals surface area contributed by atoms with Crippen LogP contribution in [0.3, 0.4) is 0 Å². The third kappa shape index (κ3) is 3.93. The van der Waals surface area contributed by atoms with E-state index in [-0.39, 0.29) is 17.6 Å². The number of carbonyl (C=O) groups is 2. The van der Waals surface area contributed by atoms with E-state index in [1.165, 1.54) is 18.6 Å². The summed E-state index contributed by atoms with van der Waals surface area (Å²) in [6.45, 7) is 2.12. The molecular weight excluding hydrogens is 273 g/mol.